The second-order valence-electron chi connectivity index (χ2n) is 4.44. The van der Waals surface area contributed by atoms with Crippen molar-refractivity contribution in [3.8, 4) is 0 Å². The van der Waals surface area contributed by atoms with Crippen LogP contribution >= 0.6 is 0 Å². The fraction of sp³-hybridized carbons (Fsp3) is 0.188. The van der Waals surface area contributed by atoms with Crippen LogP contribution in [-0.2, 0) is 4.79 Å². The van der Waals surface area contributed by atoms with Gasteiger partial charge in [-0.2, -0.15) is 4.99 Å². The summed E-state index contributed by atoms with van der Waals surface area (Å²) in [6, 6.07) is 15.8. The Morgan fingerprint density at radius 3 is 1.56 bits per heavy atom. The summed E-state index contributed by atoms with van der Waals surface area (Å²) < 4.78 is 0. The highest BCUT2D eigenvalue weighted by atomic mass is 16.1. The summed E-state index contributed by atoms with van der Waals surface area (Å²) in [7, 11) is 0. The molecule has 0 spiro atoms. The fourth-order valence-corrected chi connectivity index (χ4v) is 1.89. The Morgan fingerprint density at radius 2 is 1.22 bits per heavy atom. The van der Waals surface area contributed by atoms with Crippen LogP contribution < -0.4 is 0 Å². The van der Waals surface area contributed by atoms with E-state index in [1.54, 1.807) is 6.08 Å². The first kappa shape index (κ1) is 12.3. The largest absolute Gasteiger partial charge is 0.235 e. The van der Waals surface area contributed by atoms with Crippen molar-refractivity contribution in [2.45, 2.75) is 19.9 Å². The third-order valence-corrected chi connectivity index (χ3v) is 2.97. The lowest BCUT2D eigenvalue weighted by molar-refractivity contribution is 0.560. The van der Waals surface area contributed by atoms with Crippen molar-refractivity contribution in [3.63, 3.8) is 0 Å². The van der Waals surface area contributed by atoms with E-state index in [4.69, 9.17) is 0 Å². The van der Waals surface area contributed by atoms with Crippen molar-refractivity contribution in [1.82, 2.24) is 0 Å². The van der Waals surface area contributed by atoms with E-state index >= 15 is 0 Å². The van der Waals surface area contributed by atoms with Crippen LogP contribution in [0, 0.1) is 13.8 Å². The predicted octanol–water partition coefficient (Wildman–Crippen LogP) is 3.73. The first-order chi connectivity index (χ1) is 8.70. The van der Waals surface area contributed by atoms with Crippen LogP contribution in [0.2, 0.25) is 0 Å². The molecule has 0 saturated heterocycles. The summed E-state index contributed by atoms with van der Waals surface area (Å²) in [6.45, 7) is 4.07. The molecule has 0 atom stereocenters. The molecule has 0 fully saturated rings. The molecule has 90 valence electrons. The van der Waals surface area contributed by atoms with Crippen molar-refractivity contribution in [1.29, 1.82) is 0 Å². The van der Waals surface area contributed by atoms with Gasteiger partial charge in [-0.25, -0.2) is 4.79 Å². The maximum absolute atomic E-state index is 10.6. The molecule has 2 aromatic carbocycles. The van der Waals surface area contributed by atoms with Gasteiger partial charge >= 0.3 is 0 Å². The number of isocyanates is 1. The lowest BCUT2D eigenvalue weighted by Crippen LogP contribution is -1.98. The van der Waals surface area contributed by atoms with Crippen LogP contribution in [0.4, 0.5) is 0 Å². The number of aliphatic imine (C=N–C) groups is 1. The first-order valence-corrected chi connectivity index (χ1v) is 5.91. The Balaban J connectivity index is 2.42. The zero-order valence-corrected chi connectivity index (χ0v) is 10.6. The maximum atomic E-state index is 10.6. The Kier molecular flexibility index (Phi) is 3.71. The standard InChI is InChI=1S/C16H15NO/c1-12-3-7-14(8-4-12)16(17-11-18)15-9-5-13(2)6-10-15/h3-10,16H,1-2H3. The number of aryl methyl sites for hydroxylation is 2. The van der Waals surface area contributed by atoms with E-state index in [2.05, 4.69) is 4.99 Å². The average Bonchev–Trinajstić information content (AvgIpc) is 2.39. The van der Waals surface area contributed by atoms with Gasteiger partial charge in [-0.3, -0.25) is 0 Å². The molecule has 0 unspecified atom stereocenters. The Labute approximate surface area is 107 Å². The van der Waals surface area contributed by atoms with Crippen molar-refractivity contribution in [2.75, 3.05) is 0 Å². The van der Waals surface area contributed by atoms with Gasteiger partial charge in [0, 0.05) is 0 Å². The minimum atomic E-state index is -0.260. The number of rotatable bonds is 3. The second kappa shape index (κ2) is 5.44. The molecule has 2 nitrogen and oxygen atoms in total. The summed E-state index contributed by atoms with van der Waals surface area (Å²) in [5.41, 5.74) is 4.40. The molecule has 2 aromatic rings. The van der Waals surface area contributed by atoms with Crippen molar-refractivity contribution >= 4 is 6.08 Å². The van der Waals surface area contributed by atoms with Gasteiger partial charge in [0.2, 0.25) is 6.08 Å². The number of nitrogens with zero attached hydrogens (tertiary/aromatic N) is 1. The van der Waals surface area contributed by atoms with Gasteiger partial charge in [-0.1, -0.05) is 59.7 Å². The highest BCUT2D eigenvalue weighted by Gasteiger charge is 2.12. The van der Waals surface area contributed by atoms with E-state index in [0.717, 1.165) is 11.1 Å². The number of hydrogen-bond acceptors (Lipinski definition) is 2. The molecule has 2 rings (SSSR count). The van der Waals surface area contributed by atoms with E-state index in [9.17, 15) is 4.79 Å². The minimum Gasteiger partial charge on any atom is -0.211 e. The van der Waals surface area contributed by atoms with E-state index in [1.165, 1.54) is 11.1 Å². The summed E-state index contributed by atoms with van der Waals surface area (Å²) in [5, 5.41) is 0. The topological polar surface area (TPSA) is 29.4 Å². The quantitative estimate of drug-likeness (QED) is 0.590. The van der Waals surface area contributed by atoms with Gasteiger partial charge in [0.05, 0.1) is 0 Å². The summed E-state index contributed by atoms with van der Waals surface area (Å²) >= 11 is 0. The van der Waals surface area contributed by atoms with E-state index in [1.807, 2.05) is 62.4 Å². The zero-order chi connectivity index (χ0) is 13.0. The molecule has 2 heteroatoms. The SMILES string of the molecule is Cc1ccc(C(N=C=O)c2ccc(C)cc2)cc1. The van der Waals surface area contributed by atoms with Crippen molar-refractivity contribution in [2.24, 2.45) is 4.99 Å². The fourth-order valence-electron chi connectivity index (χ4n) is 1.89. The summed E-state index contributed by atoms with van der Waals surface area (Å²) in [6.07, 6.45) is 1.67. The van der Waals surface area contributed by atoms with Gasteiger partial charge in [-0.05, 0) is 25.0 Å². The van der Waals surface area contributed by atoms with E-state index in [0.29, 0.717) is 0 Å². The molecule has 0 aliphatic rings. The normalized spacial score (nSPS) is 10.2. The van der Waals surface area contributed by atoms with Crippen molar-refractivity contribution < 1.29 is 4.79 Å². The molecule has 18 heavy (non-hydrogen) atoms. The van der Waals surface area contributed by atoms with Gasteiger partial charge in [0.15, 0.2) is 0 Å². The Bertz CT molecular complexity index is 518. The van der Waals surface area contributed by atoms with Crippen LogP contribution in [0.1, 0.15) is 28.3 Å². The molecule has 0 saturated carbocycles. The lowest BCUT2D eigenvalue weighted by Gasteiger charge is -2.12. The zero-order valence-electron chi connectivity index (χ0n) is 10.6. The molecule has 0 aliphatic heterocycles. The summed E-state index contributed by atoms with van der Waals surface area (Å²) in [4.78, 5) is 14.5. The highest BCUT2D eigenvalue weighted by molar-refractivity contribution is 5.41. The van der Waals surface area contributed by atoms with Crippen LogP contribution in [-0.4, -0.2) is 6.08 Å². The van der Waals surface area contributed by atoms with Crippen molar-refractivity contribution in [3.05, 3.63) is 70.8 Å². The summed E-state index contributed by atoms with van der Waals surface area (Å²) in [5.74, 6) is 0. The molecule has 0 bridgehead atoms. The minimum absolute atomic E-state index is 0.260. The van der Waals surface area contributed by atoms with Gasteiger partial charge in [-0.15, -0.1) is 0 Å². The van der Waals surface area contributed by atoms with E-state index in [-0.39, 0.29) is 6.04 Å². The maximum Gasteiger partial charge on any atom is 0.235 e. The van der Waals surface area contributed by atoms with E-state index < -0.39 is 0 Å². The second-order valence-corrected chi connectivity index (χ2v) is 4.44. The third-order valence-electron chi connectivity index (χ3n) is 2.97. The Morgan fingerprint density at radius 1 is 0.833 bits per heavy atom. The molecular formula is C16H15NO. The lowest BCUT2D eigenvalue weighted by atomic mass is 9.98. The molecular weight excluding hydrogens is 222 g/mol. The number of carbonyl (C=O) groups excluding carboxylic acids is 1. The predicted molar refractivity (Wildman–Crippen MR) is 72.3 cm³/mol. The van der Waals surface area contributed by atoms with Gasteiger partial charge in [0.25, 0.3) is 0 Å². The average molecular weight is 237 g/mol. The molecule has 0 amide bonds. The van der Waals surface area contributed by atoms with Crippen LogP contribution in [0.15, 0.2) is 53.5 Å². The van der Waals surface area contributed by atoms with Gasteiger partial charge in [0.1, 0.15) is 6.04 Å². The van der Waals surface area contributed by atoms with Gasteiger partial charge < -0.3 is 0 Å². The van der Waals surface area contributed by atoms with Crippen LogP contribution in [0.3, 0.4) is 0 Å². The van der Waals surface area contributed by atoms with Crippen LogP contribution in [0.25, 0.3) is 0 Å². The molecule has 0 aromatic heterocycles. The highest BCUT2D eigenvalue weighted by Crippen LogP contribution is 2.26. The molecule has 0 heterocycles. The smallest absolute Gasteiger partial charge is 0.211 e. The number of hydrogen-bond donors (Lipinski definition) is 0. The monoisotopic (exact) mass is 237 g/mol. The molecule has 0 N–H and O–H groups in total. The number of benzene rings is 2. The Hall–Kier alpha value is -2.18. The van der Waals surface area contributed by atoms with Crippen LogP contribution in [0.5, 0.6) is 0 Å². The molecule has 0 aliphatic carbocycles. The molecule has 0 radical (unpaired) electrons. The first-order valence-electron chi connectivity index (χ1n) is 5.91. The third kappa shape index (κ3) is 2.73.